The molecule has 1 atom stereocenters. The molecule has 86 valence electrons. The fourth-order valence-corrected chi connectivity index (χ4v) is 1.66. The van der Waals surface area contributed by atoms with Crippen LogP contribution in [0.5, 0.6) is 0 Å². The summed E-state index contributed by atoms with van der Waals surface area (Å²) in [6.45, 7) is 1.03. The maximum atomic E-state index is 10.5. The molecule has 1 N–H and O–H groups in total. The Morgan fingerprint density at radius 1 is 1.12 bits per heavy atom. The summed E-state index contributed by atoms with van der Waals surface area (Å²) in [6, 6.07) is 7.56. The average Bonchev–Trinajstić information content (AvgIpc) is 2.39. The van der Waals surface area contributed by atoms with Gasteiger partial charge in [-0.15, -0.1) is 0 Å². The number of benzene rings is 1. The van der Waals surface area contributed by atoms with Crippen molar-refractivity contribution >= 4 is 12.4 Å². The maximum Gasteiger partial charge on any atom is 0.150 e. The van der Waals surface area contributed by atoms with Gasteiger partial charge in [-0.25, -0.2) is 0 Å². The van der Waals surface area contributed by atoms with Crippen LogP contribution in [0.25, 0.3) is 6.08 Å². The van der Waals surface area contributed by atoms with Crippen LogP contribution in [0.4, 0.5) is 0 Å². The van der Waals surface area contributed by atoms with E-state index >= 15 is 0 Å². The number of aldehydes is 1. The second-order valence-electron chi connectivity index (χ2n) is 4.21. The van der Waals surface area contributed by atoms with E-state index in [4.69, 9.17) is 0 Å². The lowest BCUT2D eigenvalue weighted by Crippen LogP contribution is -3.04. The van der Waals surface area contributed by atoms with Crippen LogP contribution in [0.15, 0.2) is 54.3 Å². The van der Waals surface area contributed by atoms with Crippen LogP contribution >= 0.6 is 0 Å². The van der Waals surface area contributed by atoms with Gasteiger partial charge in [-0.05, 0) is 23.3 Å². The average molecular weight is 226 g/mol. The van der Waals surface area contributed by atoms with Crippen molar-refractivity contribution < 1.29 is 9.69 Å². The quantitative estimate of drug-likeness (QED) is 0.775. The number of hydrogen-bond donors (Lipinski definition) is 1. The second-order valence-corrected chi connectivity index (χ2v) is 4.21. The van der Waals surface area contributed by atoms with Crippen LogP contribution in [-0.2, 0) is 0 Å². The monoisotopic (exact) mass is 226 g/mol. The van der Waals surface area contributed by atoms with Gasteiger partial charge in [0.25, 0.3) is 0 Å². The van der Waals surface area contributed by atoms with Gasteiger partial charge in [-0.2, -0.15) is 0 Å². The molecule has 0 aliphatic carbocycles. The molecule has 0 aromatic heterocycles. The van der Waals surface area contributed by atoms with Gasteiger partial charge in [-0.3, -0.25) is 4.79 Å². The highest BCUT2D eigenvalue weighted by atomic mass is 16.1. The molecule has 1 unspecified atom stereocenters. The summed E-state index contributed by atoms with van der Waals surface area (Å²) >= 11 is 0. The van der Waals surface area contributed by atoms with E-state index in [1.165, 1.54) is 10.5 Å². The molecule has 2 rings (SSSR count). The van der Waals surface area contributed by atoms with Crippen LogP contribution in [0.1, 0.15) is 15.9 Å². The predicted octanol–water partition coefficient (Wildman–Crippen LogP) is 1.48. The van der Waals surface area contributed by atoms with Gasteiger partial charge in [0.2, 0.25) is 0 Å². The van der Waals surface area contributed by atoms with Gasteiger partial charge < -0.3 is 4.90 Å². The number of nitrogens with one attached hydrogen (secondary N) is 1. The van der Waals surface area contributed by atoms with E-state index < -0.39 is 0 Å². The van der Waals surface area contributed by atoms with E-state index in [9.17, 15) is 4.79 Å². The third kappa shape index (κ3) is 3.26. The minimum atomic E-state index is 0.712. The molecular formula is C15H16NO+. The molecule has 0 bridgehead atoms. The van der Waals surface area contributed by atoms with E-state index in [-0.39, 0.29) is 0 Å². The summed E-state index contributed by atoms with van der Waals surface area (Å²) in [6.07, 6.45) is 11.5. The van der Waals surface area contributed by atoms with Crippen LogP contribution in [0.2, 0.25) is 0 Å². The fourth-order valence-electron chi connectivity index (χ4n) is 1.66. The van der Waals surface area contributed by atoms with Crippen LogP contribution in [-0.4, -0.2) is 19.9 Å². The number of allylic oxidation sites excluding steroid dienone is 3. The van der Waals surface area contributed by atoms with Crippen molar-refractivity contribution in [2.45, 2.75) is 0 Å². The molecule has 0 fully saturated rings. The van der Waals surface area contributed by atoms with Crippen LogP contribution < -0.4 is 4.90 Å². The summed E-state index contributed by atoms with van der Waals surface area (Å²) in [5, 5.41) is 0. The summed E-state index contributed by atoms with van der Waals surface area (Å²) in [4.78, 5) is 11.9. The van der Waals surface area contributed by atoms with Gasteiger partial charge in [0, 0.05) is 5.56 Å². The SMILES string of the molecule is C[NH+]1C=CC(/C=C/c2ccc(C=O)cc2)=CC1. The molecule has 0 saturated heterocycles. The lowest BCUT2D eigenvalue weighted by atomic mass is 10.1. The molecule has 1 aliphatic heterocycles. The summed E-state index contributed by atoms with van der Waals surface area (Å²) in [5.41, 5.74) is 3.05. The van der Waals surface area contributed by atoms with Crippen molar-refractivity contribution in [2.75, 3.05) is 13.6 Å². The summed E-state index contributed by atoms with van der Waals surface area (Å²) in [5.74, 6) is 0. The third-order valence-electron chi connectivity index (χ3n) is 2.76. The molecule has 17 heavy (non-hydrogen) atoms. The summed E-state index contributed by atoms with van der Waals surface area (Å²) in [7, 11) is 2.13. The molecule has 1 aliphatic rings. The van der Waals surface area contributed by atoms with Gasteiger partial charge in [-0.1, -0.05) is 36.4 Å². The molecule has 0 amide bonds. The highest BCUT2D eigenvalue weighted by Gasteiger charge is 2.00. The zero-order chi connectivity index (χ0) is 12.1. The predicted molar refractivity (Wildman–Crippen MR) is 69.8 cm³/mol. The van der Waals surface area contributed by atoms with Gasteiger partial charge >= 0.3 is 0 Å². The highest BCUT2D eigenvalue weighted by molar-refractivity contribution is 5.75. The number of carbonyl (C=O) groups is 1. The van der Waals surface area contributed by atoms with E-state index in [1.807, 2.05) is 24.3 Å². The molecule has 1 aromatic rings. The first-order valence-electron chi connectivity index (χ1n) is 5.72. The first-order valence-corrected chi connectivity index (χ1v) is 5.72. The third-order valence-corrected chi connectivity index (χ3v) is 2.76. The largest absolute Gasteiger partial charge is 0.308 e. The Labute approximate surface area is 102 Å². The number of quaternary nitrogens is 1. The smallest absolute Gasteiger partial charge is 0.150 e. The molecule has 1 heterocycles. The summed E-state index contributed by atoms with van der Waals surface area (Å²) < 4.78 is 0. The maximum absolute atomic E-state index is 10.5. The highest BCUT2D eigenvalue weighted by Crippen LogP contribution is 2.08. The number of rotatable bonds is 3. The number of hydrogen-bond acceptors (Lipinski definition) is 1. The van der Waals surface area contributed by atoms with Crippen molar-refractivity contribution in [3.8, 4) is 0 Å². The van der Waals surface area contributed by atoms with E-state index in [1.54, 1.807) is 0 Å². The van der Waals surface area contributed by atoms with E-state index in [0.29, 0.717) is 5.56 Å². The fraction of sp³-hybridized carbons (Fsp3) is 0.133. The topological polar surface area (TPSA) is 21.5 Å². The normalized spacial score (nSPS) is 19.4. The van der Waals surface area contributed by atoms with Crippen molar-refractivity contribution in [2.24, 2.45) is 0 Å². The van der Waals surface area contributed by atoms with Crippen molar-refractivity contribution in [1.29, 1.82) is 0 Å². The Morgan fingerprint density at radius 2 is 1.82 bits per heavy atom. The first kappa shape index (κ1) is 11.6. The Bertz CT molecular complexity index is 480. The Balaban J connectivity index is 2.05. The Morgan fingerprint density at radius 3 is 2.41 bits per heavy atom. The van der Waals surface area contributed by atoms with Crippen molar-refractivity contribution in [1.82, 2.24) is 0 Å². The lowest BCUT2D eigenvalue weighted by Gasteiger charge is -2.09. The molecule has 2 heteroatoms. The molecule has 0 saturated carbocycles. The molecule has 2 nitrogen and oxygen atoms in total. The van der Waals surface area contributed by atoms with Crippen molar-refractivity contribution in [3.63, 3.8) is 0 Å². The second kappa shape index (κ2) is 5.41. The molecule has 1 aromatic carbocycles. The van der Waals surface area contributed by atoms with Gasteiger partial charge in [0.1, 0.15) is 12.8 Å². The Kier molecular flexibility index (Phi) is 3.68. The van der Waals surface area contributed by atoms with Crippen LogP contribution in [0.3, 0.4) is 0 Å². The van der Waals surface area contributed by atoms with Crippen molar-refractivity contribution in [3.05, 3.63) is 65.4 Å². The molecule has 0 spiro atoms. The molecular weight excluding hydrogens is 210 g/mol. The standard InChI is InChI=1S/C15H15NO/c1-16-10-8-14(9-11-16)3-2-13-4-6-15(12-17)7-5-13/h2-10,12H,11H2,1H3/p+1/b3-2+. The first-order chi connectivity index (χ1) is 8.28. The van der Waals surface area contributed by atoms with E-state index in [0.717, 1.165) is 18.4 Å². The lowest BCUT2D eigenvalue weighted by molar-refractivity contribution is -0.818. The number of carbonyl (C=O) groups excluding carboxylic acids is 1. The van der Waals surface area contributed by atoms with Gasteiger partial charge in [0.15, 0.2) is 0 Å². The minimum absolute atomic E-state index is 0.712. The zero-order valence-electron chi connectivity index (χ0n) is 9.89. The van der Waals surface area contributed by atoms with Gasteiger partial charge in [0.05, 0.1) is 13.2 Å². The number of likely N-dealkylation sites (N-methyl/N-ethyl adjacent to an activating group) is 1. The Hall–Kier alpha value is -1.93. The van der Waals surface area contributed by atoms with Crippen LogP contribution in [0, 0.1) is 0 Å². The molecule has 0 radical (unpaired) electrons. The minimum Gasteiger partial charge on any atom is -0.308 e. The zero-order valence-corrected chi connectivity index (χ0v) is 9.89. The van der Waals surface area contributed by atoms with E-state index in [2.05, 4.69) is 37.6 Å².